The fraction of sp³-hybridized carbons (Fsp3) is 0.263. The van der Waals surface area contributed by atoms with Crippen LogP contribution >= 0.6 is 11.6 Å². The number of hydrogen-bond acceptors (Lipinski definition) is 10. The molecule has 0 aliphatic heterocycles. The van der Waals surface area contributed by atoms with Crippen LogP contribution in [-0.4, -0.2) is 43.2 Å². The van der Waals surface area contributed by atoms with E-state index in [1.54, 1.807) is 13.8 Å². The zero-order valence-electron chi connectivity index (χ0n) is 16.8. The highest BCUT2D eigenvalue weighted by atomic mass is 35.5. The number of ether oxygens (including phenoxy) is 2. The number of furan rings is 1. The van der Waals surface area contributed by atoms with Gasteiger partial charge in [0.15, 0.2) is 22.3 Å². The highest BCUT2D eigenvalue weighted by Gasteiger charge is 2.24. The van der Waals surface area contributed by atoms with Gasteiger partial charge in [-0.3, -0.25) is 0 Å². The van der Waals surface area contributed by atoms with E-state index in [2.05, 4.69) is 9.97 Å². The first-order valence-electron chi connectivity index (χ1n) is 8.92. The quantitative estimate of drug-likeness (QED) is 0.535. The number of benzene rings is 1. The van der Waals surface area contributed by atoms with Gasteiger partial charge in [-0.1, -0.05) is 11.6 Å². The van der Waals surface area contributed by atoms with Crippen molar-refractivity contribution in [1.29, 1.82) is 0 Å². The van der Waals surface area contributed by atoms with Gasteiger partial charge in [0, 0.05) is 6.26 Å². The minimum Gasteiger partial charge on any atom is -0.462 e. The van der Waals surface area contributed by atoms with Gasteiger partial charge in [-0.2, -0.15) is 4.98 Å². The Balaban J connectivity index is 1.85. The molecule has 0 spiro atoms. The van der Waals surface area contributed by atoms with Crippen molar-refractivity contribution < 1.29 is 31.9 Å². The lowest BCUT2D eigenvalue weighted by Crippen LogP contribution is -2.10. The summed E-state index contributed by atoms with van der Waals surface area (Å²) < 4.78 is 39.2. The lowest BCUT2D eigenvalue weighted by atomic mass is 10.2. The molecule has 0 radical (unpaired) electrons. The zero-order valence-corrected chi connectivity index (χ0v) is 18.3. The molecule has 0 aliphatic carbocycles. The highest BCUT2D eigenvalue weighted by Crippen LogP contribution is 2.29. The molecule has 2 N–H and O–H groups in total. The molecular formula is C19H18ClN3O7S. The largest absolute Gasteiger partial charge is 0.462 e. The molecule has 0 amide bonds. The SMILES string of the molecule is CCOC(=O)c1c(C)oc2nc(COC(=O)c3ccc(Cl)c(S(C)(=O)=O)c3)nc(N)c12. The zero-order chi connectivity index (χ0) is 22.9. The van der Waals surface area contributed by atoms with Crippen molar-refractivity contribution in [3.8, 4) is 0 Å². The Kier molecular flexibility index (Phi) is 6.18. The number of sulfone groups is 1. The van der Waals surface area contributed by atoms with Crippen molar-refractivity contribution in [2.45, 2.75) is 25.3 Å². The van der Waals surface area contributed by atoms with E-state index in [1.807, 2.05) is 0 Å². The lowest BCUT2D eigenvalue weighted by molar-refractivity contribution is 0.0461. The van der Waals surface area contributed by atoms with Crippen LogP contribution in [0.1, 0.15) is 39.2 Å². The van der Waals surface area contributed by atoms with E-state index in [0.29, 0.717) is 0 Å². The number of nitrogen functional groups attached to an aromatic ring is 1. The molecule has 10 nitrogen and oxygen atoms in total. The minimum atomic E-state index is -3.63. The number of halogens is 1. The molecule has 3 aromatic rings. The van der Waals surface area contributed by atoms with Crippen molar-refractivity contribution in [1.82, 2.24) is 9.97 Å². The number of esters is 2. The van der Waals surface area contributed by atoms with Gasteiger partial charge in [-0.25, -0.2) is 23.0 Å². The molecule has 2 heterocycles. The third kappa shape index (κ3) is 4.62. The Morgan fingerprint density at radius 2 is 1.90 bits per heavy atom. The van der Waals surface area contributed by atoms with Gasteiger partial charge in [-0.15, -0.1) is 0 Å². The molecule has 31 heavy (non-hydrogen) atoms. The van der Waals surface area contributed by atoms with E-state index in [1.165, 1.54) is 12.1 Å². The summed E-state index contributed by atoms with van der Waals surface area (Å²) in [5.74, 6) is -1.18. The standard InChI is InChI=1S/C19H18ClN3O7S/c1-4-28-19(25)14-9(2)30-17-15(14)16(21)22-13(23-17)8-29-18(24)10-5-6-11(20)12(7-10)31(3,26)27/h5-7H,4,8H2,1-3H3,(H2,21,22,23). The highest BCUT2D eigenvalue weighted by molar-refractivity contribution is 7.90. The molecule has 0 atom stereocenters. The topological polar surface area (TPSA) is 152 Å². The van der Waals surface area contributed by atoms with Crippen molar-refractivity contribution in [3.05, 3.63) is 45.9 Å². The molecule has 164 valence electrons. The Bertz CT molecular complexity index is 1300. The van der Waals surface area contributed by atoms with Crippen molar-refractivity contribution >= 4 is 50.3 Å². The Labute approximate surface area is 182 Å². The van der Waals surface area contributed by atoms with Crippen LogP contribution in [0.5, 0.6) is 0 Å². The Morgan fingerprint density at radius 3 is 2.55 bits per heavy atom. The first-order valence-corrected chi connectivity index (χ1v) is 11.2. The minimum absolute atomic E-state index is 0.00815. The maximum atomic E-state index is 12.3. The maximum absolute atomic E-state index is 12.3. The number of aryl methyl sites for hydroxylation is 1. The molecular weight excluding hydrogens is 450 g/mol. The third-order valence-electron chi connectivity index (χ3n) is 4.18. The Hall–Kier alpha value is -3.18. The van der Waals surface area contributed by atoms with E-state index in [4.69, 9.17) is 31.2 Å². The number of fused-ring (bicyclic) bond motifs is 1. The van der Waals surface area contributed by atoms with Gasteiger partial charge in [0.1, 0.15) is 17.1 Å². The monoisotopic (exact) mass is 467 g/mol. The molecule has 1 aromatic carbocycles. The Morgan fingerprint density at radius 1 is 1.19 bits per heavy atom. The number of carbonyl (C=O) groups is 2. The van der Waals surface area contributed by atoms with Crippen LogP contribution in [0.15, 0.2) is 27.5 Å². The number of aromatic nitrogens is 2. The van der Waals surface area contributed by atoms with Gasteiger partial charge in [-0.05, 0) is 32.0 Å². The number of carbonyl (C=O) groups excluding carboxylic acids is 2. The molecule has 0 bridgehead atoms. The second-order valence-corrected chi connectivity index (χ2v) is 8.84. The van der Waals surface area contributed by atoms with E-state index in [9.17, 15) is 18.0 Å². The van der Waals surface area contributed by atoms with Crippen LogP contribution < -0.4 is 5.73 Å². The molecule has 0 saturated carbocycles. The smallest absolute Gasteiger partial charge is 0.342 e. The van der Waals surface area contributed by atoms with Crippen molar-refractivity contribution in [3.63, 3.8) is 0 Å². The molecule has 2 aromatic heterocycles. The van der Waals surface area contributed by atoms with E-state index >= 15 is 0 Å². The fourth-order valence-electron chi connectivity index (χ4n) is 2.83. The predicted octanol–water partition coefficient (Wildman–Crippen LogP) is 2.70. The van der Waals surface area contributed by atoms with E-state index in [0.717, 1.165) is 12.3 Å². The average molecular weight is 468 g/mol. The van der Waals surface area contributed by atoms with Crippen LogP contribution in [-0.2, 0) is 25.9 Å². The summed E-state index contributed by atoms with van der Waals surface area (Å²) in [6.45, 7) is 3.03. The van der Waals surface area contributed by atoms with Gasteiger partial charge in [0.2, 0.25) is 5.71 Å². The van der Waals surface area contributed by atoms with Gasteiger partial charge < -0.3 is 19.6 Å². The summed E-state index contributed by atoms with van der Waals surface area (Å²) in [5.41, 5.74) is 6.13. The first kappa shape index (κ1) is 22.5. The van der Waals surface area contributed by atoms with Crippen LogP contribution in [0.4, 0.5) is 5.82 Å². The second kappa shape index (κ2) is 8.52. The van der Waals surface area contributed by atoms with Crippen LogP contribution in [0.25, 0.3) is 11.1 Å². The van der Waals surface area contributed by atoms with Crippen molar-refractivity contribution in [2.75, 3.05) is 18.6 Å². The molecule has 0 saturated heterocycles. The number of nitrogens with zero attached hydrogens (tertiary/aromatic N) is 2. The summed E-state index contributed by atoms with van der Waals surface area (Å²) in [5, 5.41) is 0.202. The number of nitrogens with two attached hydrogens (primary N) is 1. The summed E-state index contributed by atoms with van der Waals surface area (Å²) >= 11 is 5.88. The van der Waals surface area contributed by atoms with Gasteiger partial charge in [0.05, 0.1) is 27.5 Å². The normalized spacial score (nSPS) is 11.5. The molecule has 0 unspecified atom stereocenters. The number of hydrogen-bond donors (Lipinski definition) is 1. The summed E-state index contributed by atoms with van der Waals surface area (Å²) in [4.78, 5) is 32.5. The number of rotatable bonds is 6. The maximum Gasteiger partial charge on any atom is 0.342 e. The van der Waals surface area contributed by atoms with Crippen molar-refractivity contribution in [2.24, 2.45) is 0 Å². The van der Waals surface area contributed by atoms with Gasteiger partial charge >= 0.3 is 11.9 Å². The fourth-order valence-corrected chi connectivity index (χ4v) is 4.13. The van der Waals surface area contributed by atoms with E-state index < -0.39 is 21.8 Å². The van der Waals surface area contributed by atoms with Crippen LogP contribution in [0.2, 0.25) is 5.02 Å². The van der Waals surface area contributed by atoms with E-state index in [-0.39, 0.29) is 62.8 Å². The van der Waals surface area contributed by atoms with Gasteiger partial charge in [0.25, 0.3) is 0 Å². The van der Waals surface area contributed by atoms with Crippen LogP contribution in [0, 0.1) is 6.92 Å². The second-order valence-electron chi connectivity index (χ2n) is 6.45. The third-order valence-corrected chi connectivity index (χ3v) is 5.76. The first-order chi connectivity index (χ1) is 14.5. The predicted molar refractivity (Wildman–Crippen MR) is 111 cm³/mol. The summed E-state index contributed by atoms with van der Waals surface area (Å²) in [7, 11) is -3.63. The summed E-state index contributed by atoms with van der Waals surface area (Å²) in [6.07, 6.45) is 0.977. The van der Waals surface area contributed by atoms with Crippen LogP contribution in [0.3, 0.4) is 0 Å². The molecule has 12 heteroatoms. The number of anilines is 1. The summed E-state index contributed by atoms with van der Waals surface area (Å²) in [6, 6.07) is 3.75. The lowest BCUT2D eigenvalue weighted by Gasteiger charge is -2.07. The molecule has 0 fully saturated rings. The molecule has 0 aliphatic rings. The average Bonchev–Trinajstić information content (AvgIpc) is 3.02. The molecule has 3 rings (SSSR count).